The molecule has 1 aliphatic heterocycles. The van der Waals surface area contributed by atoms with Crippen LogP contribution in [0.4, 0.5) is 0 Å². The molecule has 0 aliphatic carbocycles. The van der Waals surface area contributed by atoms with Crippen LogP contribution >= 0.6 is 11.3 Å². The Morgan fingerprint density at radius 3 is 3.28 bits per heavy atom. The first-order valence-electron chi connectivity index (χ1n) is 5.69. The van der Waals surface area contributed by atoms with Gasteiger partial charge in [0.1, 0.15) is 0 Å². The van der Waals surface area contributed by atoms with Crippen molar-refractivity contribution in [3.63, 3.8) is 0 Å². The van der Waals surface area contributed by atoms with E-state index < -0.39 is 5.97 Å². The quantitative estimate of drug-likeness (QED) is 0.918. The van der Waals surface area contributed by atoms with Crippen LogP contribution in [-0.4, -0.2) is 27.7 Å². The predicted octanol–water partition coefficient (Wildman–Crippen LogP) is 1.99. The molecule has 0 fully saturated rings. The highest BCUT2D eigenvalue weighted by Gasteiger charge is 2.19. The number of carboxylic acids is 1. The summed E-state index contributed by atoms with van der Waals surface area (Å²) in [6.07, 6.45) is 1.05. The first-order chi connectivity index (χ1) is 8.72. The Hall–Kier alpha value is -1.66. The van der Waals surface area contributed by atoms with E-state index in [2.05, 4.69) is 21.5 Å². The summed E-state index contributed by atoms with van der Waals surface area (Å²) < 4.78 is 5.03. The van der Waals surface area contributed by atoms with E-state index in [1.54, 1.807) is 11.3 Å². The zero-order valence-corrected chi connectivity index (χ0v) is 10.4. The minimum Gasteiger partial charge on any atom is -0.476 e. The molecule has 0 radical (unpaired) electrons. The van der Waals surface area contributed by atoms with Crippen molar-refractivity contribution in [2.75, 3.05) is 6.54 Å². The van der Waals surface area contributed by atoms with Crippen molar-refractivity contribution < 1.29 is 14.4 Å². The molecule has 1 N–H and O–H groups in total. The van der Waals surface area contributed by atoms with Crippen LogP contribution in [0, 0.1) is 0 Å². The Morgan fingerprint density at radius 2 is 2.50 bits per heavy atom. The van der Waals surface area contributed by atoms with Gasteiger partial charge in [-0.2, -0.15) is 0 Å². The number of hydrogen-bond donors (Lipinski definition) is 1. The molecule has 1 aliphatic rings. The van der Waals surface area contributed by atoms with E-state index >= 15 is 0 Å². The molecule has 0 atom stereocenters. The maximum atomic E-state index is 10.7. The maximum Gasteiger partial charge on any atom is 0.358 e. The van der Waals surface area contributed by atoms with Crippen molar-refractivity contribution >= 4 is 17.3 Å². The standard InChI is InChI=1S/C12H12N2O3S/c15-12(16)10-5-9(17-13-10)7-14-3-1-11-8(6-14)2-4-18-11/h2,4-5H,1,3,6-7H2,(H,15,16). The number of fused-ring (bicyclic) bond motifs is 1. The van der Waals surface area contributed by atoms with Gasteiger partial charge in [0.2, 0.25) is 0 Å². The Bertz CT molecular complexity index is 575. The minimum atomic E-state index is -1.05. The van der Waals surface area contributed by atoms with Crippen molar-refractivity contribution in [2.45, 2.75) is 19.5 Å². The topological polar surface area (TPSA) is 66.6 Å². The lowest BCUT2D eigenvalue weighted by Crippen LogP contribution is -2.28. The van der Waals surface area contributed by atoms with E-state index in [0.717, 1.165) is 19.5 Å². The summed E-state index contributed by atoms with van der Waals surface area (Å²) in [4.78, 5) is 14.4. The predicted molar refractivity (Wildman–Crippen MR) is 65.6 cm³/mol. The largest absolute Gasteiger partial charge is 0.476 e. The highest BCUT2D eigenvalue weighted by atomic mass is 32.1. The molecule has 5 nitrogen and oxygen atoms in total. The fourth-order valence-corrected chi connectivity index (χ4v) is 3.04. The number of aromatic nitrogens is 1. The van der Waals surface area contributed by atoms with Crippen LogP contribution in [0.1, 0.15) is 26.7 Å². The average molecular weight is 264 g/mol. The van der Waals surface area contributed by atoms with E-state index in [1.807, 2.05) is 0 Å². The smallest absolute Gasteiger partial charge is 0.358 e. The summed E-state index contributed by atoms with van der Waals surface area (Å²) in [5.74, 6) is -0.449. The molecule has 0 spiro atoms. The van der Waals surface area contributed by atoms with Crippen molar-refractivity contribution in [1.82, 2.24) is 10.1 Å². The maximum absolute atomic E-state index is 10.7. The molecular weight excluding hydrogens is 252 g/mol. The van der Waals surface area contributed by atoms with E-state index in [1.165, 1.54) is 16.5 Å². The average Bonchev–Trinajstić information content (AvgIpc) is 2.96. The Morgan fingerprint density at radius 1 is 1.61 bits per heavy atom. The van der Waals surface area contributed by atoms with E-state index in [-0.39, 0.29) is 5.69 Å². The van der Waals surface area contributed by atoms with Gasteiger partial charge in [-0.25, -0.2) is 4.79 Å². The zero-order chi connectivity index (χ0) is 12.5. The van der Waals surface area contributed by atoms with Crippen LogP contribution in [0.2, 0.25) is 0 Å². The van der Waals surface area contributed by atoms with Gasteiger partial charge in [0, 0.05) is 24.0 Å². The Kier molecular flexibility index (Phi) is 2.89. The van der Waals surface area contributed by atoms with Gasteiger partial charge in [0.15, 0.2) is 11.5 Å². The number of hydrogen-bond acceptors (Lipinski definition) is 5. The first-order valence-corrected chi connectivity index (χ1v) is 6.57. The third-order valence-electron chi connectivity index (χ3n) is 3.04. The van der Waals surface area contributed by atoms with Gasteiger partial charge < -0.3 is 9.63 Å². The number of rotatable bonds is 3. The third-order valence-corrected chi connectivity index (χ3v) is 4.07. The van der Waals surface area contributed by atoms with Gasteiger partial charge in [0.05, 0.1) is 6.54 Å². The van der Waals surface area contributed by atoms with Crippen molar-refractivity contribution in [3.05, 3.63) is 39.4 Å². The lowest BCUT2D eigenvalue weighted by molar-refractivity contribution is 0.0685. The van der Waals surface area contributed by atoms with Crippen LogP contribution in [0.5, 0.6) is 0 Å². The van der Waals surface area contributed by atoms with Crippen LogP contribution in [0.25, 0.3) is 0 Å². The van der Waals surface area contributed by atoms with Crippen LogP contribution < -0.4 is 0 Å². The molecule has 0 saturated carbocycles. The van der Waals surface area contributed by atoms with Crippen LogP contribution in [0.15, 0.2) is 22.0 Å². The minimum absolute atomic E-state index is 0.0294. The van der Waals surface area contributed by atoms with E-state index in [4.69, 9.17) is 9.63 Å². The first kappa shape index (κ1) is 11.4. The Balaban J connectivity index is 1.68. The summed E-state index contributed by atoms with van der Waals surface area (Å²) in [6, 6.07) is 3.64. The van der Waals surface area contributed by atoms with Gasteiger partial charge in [-0.1, -0.05) is 5.16 Å². The molecule has 18 heavy (non-hydrogen) atoms. The third kappa shape index (κ3) is 2.16. The Labute approximate surface area is 108 Å². The highest BCUT2D eigenvalue weighted by Crippen LogP contribution is 2.25. The molecule has 0 amide bonds. The second-order valence-corrected chi connectivity index (χ2v) is 5.31. The second kappa shape index (κ2) is 4.55. The van der Waals surface area contributed by atoms with Gasteiger partial charge in [-0.15, -0.1) is 11.3 Å². The van der Waals surface area contributed by atoms with Crippen LogP contribution in [-0.2, 0) is 19.5 Å². The number of carboxylic acid groups (broad SMARTS) is 1. The summed E-state index contributed by atoms with van der Waals surface area (Å²) in [5.41, 5.74) is 1.34. The van der Waals surface area contributed by atoms with E-state index in [0.29, 0.717) is 12.3 Å². The summed E-state index contributed by atoms with van der Waals surface area (Å²) in [7, 11) is 0. The normalized spacial score (nSPS) is 15.6. The van der Waals surface area contributed by atoms with Crippen molar-refractivity contribution in [1.29, 1.82) is 0 Å². The molecule has 6 heteroatoms. The monoisotopic (exact) mass is 264 g/mol. The molecule has 94 valence electrons. The van der Waals surface area contributed by atoms with Gasteiger partial charge in [0.25, 0.3) is 0 Å². The molecular formula is C12H12N2O3S. The number of aromatic carboxylic acids is 1. The fourth-order valence-electron chi connectivity index (χ4n) is 2.15. The van der Waals surface area contributed by atoms with Crippen molar-refractivity contribution in [3.8, 4) is 0 Å². The van der Waals surface area contributed by atoms with Gasteiger partial charge in [-0.3, -0.25) is 4.90 Å². The number of nitrogens with zero attached hydrogens (tertiary/aromatic N) is 2. The molecule has 0 saturated heterocycles. The molecule has 3 heterocycles. The number of thiophene rings is 1. The molecule has 2 aromatic rings. The molecule has 3 rings (SSSR count). The summed E-state index contributed by atoms with van der Waals surface area (Å²) >= 11 is 1.80. The highest BCUT2D eigenvalue weighted by molar-refractivity contribution is 7.10. The zero-order valence-electron chi connectivity index (χ0n) is 9.63. The van der Waals surface area contributed by atoms with E-state index in [9.17, 15) is 4.79 Å². The summed E-state index contributed by atoms with van der Waals surface area (Å²) in [6.45, 7) is 2.47. The number of carbonyl (C=O) groups is 1. The molecule has 0 bridgehead atoms. The van der Waals surface area contributed by atoms with Crippen molar-refractivity contribution in [2.24, 2.45) is 0 Å². The fraction of sp³-hybridized carbons (Fsp3) is 0.333. The molecule has 0 unspecified atom stereocenters. The van der Waals surface area contributed by atoms with Crippen LogP contribution in [0.3, 0.4) is 0 Å². The molecule has 2 aromatic heterocycles. The summed E-state index contributed by atoms with van der Waals surface area (Å²) in [5, 5.41) is 14.4. The lowest BCUT2D eigenvalue weighted by Gasteiger charge is -2.25. The van der Waals surface area contributed by atoms with Gasteiger partial charge in [-0.05, 0) is 23.4 Å². The lowest BCUT2D eigenvalue weighted by atomic mass is 10.1. The SMILES string of the molecule is O=C(O)c1cc(CN2CCc3sccc3C2)on1. The second-order valence-electron chi connectivity index (χ2n) is 4.31. The van der Waals surface area contributed by atoms with Gasteiger partial charge >= 0.3 is 5.97 Å². The molecule has 0 aromatic carbocycles.